The minimum absolute atomic E-state index is 0.121. The lowest BCUT2D eigenvalue weighted by atomic mass is 10.0. The van der Waals surface area contributed by atoms with Gasteiger partial charge in [0.1, 0.15) is 6.04 Å². The van der Waals surface area contributed by atoms with Crippen LogP contribution >= 0.6 is 0 Å². The SMILES string of the molecule is Cc1ccc(-c2ccn(-c3ccc4c5c(n(C)c4c3)CC(C(=O)O)NC5)c(=O)c2)cn1. The molecule has 3 aromatic heterocycles. The lowest BCUT2D eigenvalue weighted by Gasteiger charge is -2.21. The maximum absolute atomic E-state index is 12.9. The van der Waals surface area contributed by atoms with Crippen LogP contribution in [0.4, 0.5) is 0 Å². The second-order valence-electron chi connectivity index (χ2n) is 7.97. The minimum Gasteiger partial charge on any atom is -0.480 e. The number of aromatic nitrogens is 3. The number of carboxylic acids is 1. The van der Waals surface area contributed by atoms with Crippen molar-refractivity contribution >= 4 is 16.9 Å². The Kier molecular flexibility index (Phi) is 4.48. The van der Waals surface area contributed by atoms with E-state index in [2.05, 4.69) is 10.3 Å². The molecule has 0 spiro atoms. The molecule has 7 nitrogen and oxygen atoms in total. The molecule has 0 saturated carbocycles. The predicted octanol–water partition coefficient (Wildman–Crippen LogP) is 2.80. The molecule has 0 saturated heterocycles. The molecule has 31 heavy (non-hydrogen) atoms. The monoisotopic (exact) mass is 414 g/mol. The molecule has 1 unspecified atom stereocenters. The maximum atomic E-state index is 12.9. The molecule has 0 fully saturated rings. The number of hydrogen-bond acceptors (Lipinski definition) is 4. The molecule has 2 N–H and O–H groups in total. The Hall–Kier alpha value is -3.71. The van der Waals surface area contributed by atoms with Crippen molar-refractivity contribution < 1.29 is 9.90 Å². The molecule has 156 valence electrons. The van der Waals surface area contributed by atoms with Gasteiger partial charge >= 0.3 is 5.97 Å². The average Bonchev–Trinajstić information content (AvgIpc) is 3.05. The number of aliphatic carboxylic acids is 1. The number of nitrogens with one attached hydrogen (secondary N) is 1. The van der Waals surface area contributed by atoms with Gasteiger partial charge in [0.2, 0.25) is 0 Å². The van der Waals surface area contributed by atoms with Gasteiger partial charge in [0.05, 0.1) is 11.2 Å². The van der Waals surface area contributed by atoms with E-state index in [1.54, 1.807) is 23.0 Å². The zero-order valence-corrected chi connectivity index (χ0v) is 17.3. The van der Waals surface area contributed by atoms with Crippen molar-refractivity contribution in [2.75, 3.05) is 0 Å². The van der Waals surface area contributed by atoms with Gasteiger partial charge in [0.15, 0.2) is 0 Å². The Morgan fingerprint density at radius 3 is 2.71 bits per heavy atom. The van der Waals surface area contributed by atoms with Gasteiger partial charge in [-0.1, -0.05) is 12.1 Å². The Morgan fingerprint density at radius 1 is 1.16 bits per heavy atom. The highest BCUT2D eigenvalue weighted by Crippen LogP contribution is 2.30. The van der Waals surface area contributed by atoms with Gasteiger partial charge in [-0.2, -0.15) is 0 Å². The van der Waals surface area contributed by atoms with Crippen LogP contribution in [0.2, 0.25) is 0 Å². The summed E-state index contributed by atoms with van der Waals surface area (Å²) in [4.78, 5) is 28.6. The summed E-state index contributed by atoms with van der Waals surface area (Å²) in [6.45, 7) is 2.44. The van der Waals surface area contributed by atoms with Crippen LogP contribution in [0.1, 0.15) is 17.0 Å². The topological polar surface area (TPSA) is 89.1 Å². The predicted molar refractivity (Wildman–Crippen MR) is 118 cm³/mol. The molecule has 1 aliphatic rings. The lowest BCUT2D eigenvalue weighted by Crippen LogP contribution is -2.41. The van der Waals surface area contributed by atoms with Crippen molar-refractivity contribution in [3.63, 3.8) is 0 Å². The van der Waals surface area contributed by atoms with Crippen LogP contribution < -0.4 is 10.9 Å². The first kappa shape index (κ1) is 19.3. The number of nitrogens with zero attached hydrogens (tertiary/aromatic N) is 3. The van der Waals surface area contributed by atoms with Crippen LogP contribution in [0.3, 0.4) is 0 Å². The summed E-state index contributed by atoms with van der Waals surface area (Å²) in [6, 6.07) is 12.8. The van der Waals surface area contributed by atoms with Crippen molar-refractivity contribution in [1.29, 1.82) is 0 Å². The number of fused-ring (bicyclic) bond motifs is 3. The van der Waals surface area contributed by atoms with E-state index in [-0.39, 0.29) is 5.56 Å². The maximum Gasteiger partial charge on any atom is 0.321 e. The molecular formula is C24H22N4O3. The molecule has 0 amide bonds. The number of carboxylic acid groups (broad SMARTS) is 1. The molecular weight excluding hydrogens is 392 g/mol. The van der Waals surface area contributed by atoms with Gasteiger partial charge in [-0.15, -0.1) is 0 Å². The van der Waals surface area contributed by atoms with E-state index in [4.69, 9.17) is 0 Å². The number of carbonyl (C=O) groups is 1. The highest BCUT2D eigenvalue weighted by molar-refractivity contribution is 5.88. The average molecular weight is 414 g/mol. The van der Waals surface area contributed by atoms with Crippen molar-refractivity contribution in [2.45, 2.75) is 25.9 Å². The Balaban J connectivity index is 1.55. The third-order valence-corrected chi connectivity index (χ3v) is 6.08. The third kappa shape index (κ3) is 3.23. The fraction of sp³-hybridized carbons (Fsp3) is 0.208. The zero-order chi connectivity index (χ0) is 21.7. The van der Waals surface area contributed by atoms with E-state index in [0.29, 0.717) is 13.0 Å². The highest BCUT2D eigenvalue weighted by atomic mass is 16.4. The standard InChI is InChI=1S/C24H22N4O3/c1-14-3-4-16(12-25-14)15-7-8-28(23(29)9-15)17-5-6-18-19-13-26-20(24(30)31)11-22(19)27(2)21(18)10-17/h3-10,12,20,26H,11,13H2,1-2H3,(H,30,31). The van der Waals surface area contributed by atoms with E-state index >= 15 is 0 Å². The van der Waals surface area contributed by atoms with Gasteiger partial charge in [-0.25, -0.2) is 0 Å². The van der Waals surface area contributed by atoms with E-state index in [9.17, 15) is 14.7 Å². The minimum atomic E-state index is -0.841. The fourth-order valence-electron chi connectivity index (χ4n) is 4.34. The zero-order valence-electron chi connectivity index (χ0n) is 17.3. The van der Waals surface area contributed by atoms with Gasteiger partial charge in [0.25, 0.3) is 5.56 Å². The quantitative estimate of drug-likeness (QED) is 0.538. The van der Waals surface area contributed by atoms with Crippen molar-refractivity contribution in [3.05, 3.63) is 82.2 Å². The summed E-state index contributed by atoms with van der Waals surface area (Å²) in [5, 5.41) is 13.5. The molecule has 1 atom stereocenters. The molecule has 0 radical (unpaired) electrons. The summed E-state index contributed by atoms with van der Waals surface area (Å²) in [5.41, 5.74) is 6.44. The fourth-order valence-corrected chi connectivity index (χ4v) is 4.34. The van der Waals surface area contributed by atoms with Gasteiger partial charge in [-0.3, -0.25) is 24.5 Å². The second-order valence-corrected chi connectivity index (χ2v) is 7.97. The van der Waals surface area contributed by atoms with E-state index in [1.807, 2.05) is 54.9 Å². The first-order valence-electron chi connectivity index (χ1n) is 10.1. The van der Waals surface area contributed by atoms with Crippen LogP contribution in [-0.2, 0) is 24.8 Å². The van der Waals surface area contributed by atoms with Crippen LogP contribution in [0, 0.1) is 6.92 Å². The van der Waals surface area contributed by atoms with Crippen molar-refractivity contribution in [3.8, 4) is 16.8 Å². The Labute approximate surface area is 178 Å². The summed E-state index contributed by atoms with van der Waals surface area (Å²) >= 11 is 0. The molecule has 0 aliphatic carbocycles. The summed E-state index contributed by atoms with van der Waals surface area (Å²) in [6.07, 6.45) is 3.99. The van der Waals surface area contributed by atoms with Crippen molar-refractivity contribution in [2.24, 2.45) is 7.05 Å². The molecule has 4 heterocycles. The molecule has 0 bridgehead atoms. The van der Waals surface area contributed by atoms with Crippen LogP contribution in [0.5, 0.6) is 0 Å². The number of hydrogen-bond donors (Lipinski definition) is 2. The van der Waals surface area contributed by atoms with E-state index in [1.165, 1.54) is 0 Å². The molecule has 5 rings (SSSR count). The summed E-state index contributed by atoms with van der Waals surface area (Å²) in [5.74, 6) is -0.841. The number of aryl methyl sites for hydroxylation is 2. The number of pyridine rings is 2. The van der Waals surface area contributed by atoms with Gasteiger partial charge < -0.3 is 9.67 Å². The smallest absolute Gasteiger partial charge is 0.321 e. The summed E-state index contributed by atoms with van der Waals surface area (Å²) < 4.78 is 3.66. The lowest BCUT2D eigenvalue weighted by molar-refractivity contribution is -0.139. The first-order valence-corrected chi connectivity index (χ1v) is 10.1. The van der Waals surface area contributed by atoms with Crippen LogP contribution in [0.25, 0.3) is 27.7 Å². The highest BCUT2D eigenvalue weighted by Gasteiger charge is 2.28. The normalized spacial score (nSPS) is 15.7. The van der Waals surface area contributed by atoms with E-state index < -0.39 is 12.0 Å². The van der Waals surface area contributed by atoms with Gasteiger partial charge in [0, 0.05) is 60.8 Å². The first-order chi connectivity index (χ1) is 14.9. The number of rotatable bonds is 3. The number of benzene rings is 1. The van der Waals surface area contributed by atoms with Gasteiger partial charge in [-0.05, 0) is 42.3 Å². The molecule has 7 heteroatoms. The van der Waals surface area contributed by atoms with Crippen LogP contribution in [-0.4, -0.2) is 31.2 Å². The molecule has 1 aliphatic heterocycles. The third-order valence-electron chi connectivity index (χ3n) is 6.08. The molecule has 4 aromatic rings. The van der Waals surface area contributed by atoms with E-state index in [0.717, 1.165) is 44.7 Å². The van der Waals surface area contributed by atoms with Crippen molar-refractivity contribution in [1.82, 2.24) is 19.4 Å². The Bertz CT molecular complexity index is 1380. The largest absolute Gasteiger partial charge is 0.480 e. The Morgan fingerprint density at radius 2 is 2.00 bits per heavy atom. The second kappa shape index (κ2) is 7.21. The summed E-state index contributed by atoms with van der Waals surface area (Å²) in [7, 11) is 1.95. The van der Waals surface area contributed by atoms with Crippen LogP contribution in [0.15, 0.2) is 59.7 Å². The molecule has 1 aromatic carbocycles.